The third-order valence-corrected chi connectivity index (χ3v) is 2.94. The molecule has 0 aromatic carbocycles. The van der Waals surface area contributed by atoms with Gasteiger partial charge in [-0.2, -0.15) is 0 Å². The van der Waals surface area contributed by atoms with Crippen LogP contribution in [0, 0.1) is 0 Å². The Morgan fingerprint density at radius 1 is 1.73 bits per heavy atom. The highest BCUT2D eigenvalue weighted by Crippen LogP contribution is 2.17. The van der Waals surface area contributed by atoms with Gasteiger partial charge in [0, 0.05) is 25.0 Å². The highest BCUT2D eigenvalue weighted by atomic mass is 16.5. The Hall–Kier alpha value is -0.870. The molecule has 1 aromatic heterocycles. The largest absolute Gasteiger partial charge is 0.377 e. The third kappa shape index (κ3) is 2.79. The van der Waals surface area contributed by atoms with Crippen LogP contribution in [0.1, 0.15) is 32.0 Å². The van der Waals surface area contributed by atoms with E-state index >= 15 is 0 Å². The van der Waals surface area contributed by atoms with Crippen LogP contribution in [-0.4, -0.2) is 28.7 Å². The van der Waals surface area contributed by atoms with Crippen LogP contribution >= 0.6 is 0 Å². The van der Waals surface area contributed by atoms with Crippen LogP contribution < -0.4 is 5.32 Å². The summed E-state index contributed by atoms with van der Waals surface area (Å²) in [6.45, 7) is 3.91. The molecule has 2 heterocycles. The summed E-state index contributed by atoms with van der Waals surface area (Å²) in [5, 5.41) is 3.50. The van der Waals surface area contributed by atoms with E-state index in [9.17, 15) is 0 Å². The molecule has 15 heavy (non-hydrogen) atoms. The number of H-pyrrole nitrogens is 1. The lowest BCUT2D eigenvalue weighted by Crippen LogP contribution is -2.38. The lowest BCUT2D eigenvalue weighted by Gasteiger charge is -2.22. The fourth-order valence-corrected chi connectivity index (χ4v) is 2.08. The summed E-state index contributed by atoms with van der Waals surface area (Å²) in [4.78, 5) is 7.28. The highest BCUT2D eigenvalue weighted by Gasteiger charge is 2.24. The molecule has 84 valence electrons. The molecule has 4 heteroatoms. The molecule has 0 aliphatic carbocycles. The van der Waals surface area contributed by atoms with Crippen molar-refractivity contribution in [3.8, 4) is 0 Å². The van der Waals surface area contributed by atoms with Crippen LogP contribution in [0.15, 0.2) is 12.4 Å². The van der Waals surface area contributed by atoms with Gasteiger partial charge in [0.25, 0.3) is 0 Å². The Labute approximate surface area is 90.4 Å². The van der Waals surface area contributed by atoms with Gasteiger partial charge in [-0.05, 0) is 19.3 Å². The minimum absolute atomic E-state index is 0.393. The monoisotopic (exact) mass is 209 g/mol. The minimum Gasteiger partial charge on any atom is -0.377 e. The molecule has 1 aromatic rings. The van der Waals surface area contributed by atoms with Crippen LogP contribution in [0.4, 0.5) is 0 Å². The van der Waals surface area contributed by atoms with Crippen molar-refractivity contribution in [2.75, 3.05) is 6.61 Å². The van der Waals surface area contributed by atoms with Gasteiger partial charge < -0.3 is 15.0 Å². The molecule has 0 bridgehead atoms. The Balaban J connectivity index is 1.80. The fraction of sp³-hybridized carbons (Fsp3) is 0.727. The SMILES string of the molecule is CCC(NCc1ncc[nH]1)C1CCCO1. The Kier molecular flexibility index (Phi) is 3.75. The number of imidazole rings is 1. The number of aromatic amines is 1. The van der Waals surface area contributed by atoms with Crippen molar-refractivity contribution in [2.45, 2.75) is 44.9 Å². The molecule has 1 saturated heterocycles. The van der Waals surface area contributed by atoms with Crippen molar-refractivity contribution in [3.63, 3.8) is 0 Å². The normalized spacial score (nSPS) is 23.1. The lowest BCUT2D eigenvalue weighted by atomic mass is 10.1. The number of hydrogen-bond acceptors (Lipinski definition) is 3. The molecule has 0 amide bonds. The number of ether oxygens (including phenoxy) is 1. The number of nitrogens with zero attached hydrogens (tertiary/aromatic N) is 1. The van der Waals surface area contributed by atoms with Crippen LogP contribution in [-0.2, 0) is 11.3 Å². The molecule has 1 aliphatic rings. The van der Waals surface area contributed by atoms with E-state index in [1.54, 1.807) is 6.20 Å². The molecular formula is C11H19N3O. The van der Waals surface area contributed by atoms with E-state index in [1.165, 1.54) is 12.8 Å². The predicted octanol–water partition coefficient (Wildman–Crippen LogP) is 1.46. The molecular weight excluding hydrogens is 190 g/mol. The zero-order valence-corrected chi connectivity index (χ0v) is 9.20. The van der Waals surface area contributed by atoms with Crippen LogP contribution in [0.25, 0.3) is 0 Å². The van der Waals surface area contributed by atoms with E-state index in [2.05, 4.69) is 22.2 Å². The maximum atomic E-state index is 5.68. The Morgan fingerprint density at radius 3 is 3.27 bits per heavy atom. The van der Waals surface area contributed by atoms with E-state index in [-0.39, 0.29) is 0 Å². The quantitative estimate of drug-likeness (QED) is 0.772. The molecule has 2 N–H and O–H groups in total. The number of hydrogen-bond donors (Lipinski definition) is 2. The molecule has 2 atom stereocenters. The summed E-state index contributed by atoms with van der Waals surface area (Å²) < 4.78 is 5.68. The van der Waals surface area contributed by atoms with Gasteiger partial charge in [-0.1, -0.05) is 6.92 Å². The molecule has 0 saturated carbocycles. The van der Waals surface area contributed by atoms with Gasteiger partial charge >= 0.3 is 0 Å². The average Bonchev–Trinajstić information content (AvgIpc) is 2.90. The summed E-state index contributed by atoms with van der Waals surface area (Å²) >= 11 is 0. The molecule has 0 radical (unpaired) electrons. The van der Waals surface area contributed by atoms with E-state index in [1.807, 2.05) is 6.20 Å². The van der Waals surface area contributed by atoms with Crippen molar-refractivity contribution in [2.24, 2.45) is 0 Å². The zero-order valence-electron chi connectivity index (χ0n) is 9.20. The second-order valence-electron chi connectivity index (χ2n) is 3.98. The summed E-state index contributed by atoms with van der Waals surface area (Å²) in [6.07, 6.45) is 7.51. The third-order valence-electron chi connectivity index (χ3n) is 2.94. The first-order valence-corrected chi connectivity index (χ1v) is 5.73. The highest BCUT2D eigenvalue weighted by molar-refractivity contribution is 4.88. The van der Waals surface area contributed by atoms with Crippen molar-refractivity contribution >= 4 is 0 Å². The molecule has 0 spiro atoms. The number of nitrogens with one attached hydrogen (secondary N) is 2. The summed E-state index contributed by atoms with van der Waals surface area (Å²) in [6, 6.07) is 0.456. The van der Waals surface area contributed by atoms with E-state index in [4.69, 9.17) is 4.74 Å². The minimum atomic E-state index is 0.393. The zero-order chi connectivity index (χ0) is 10.5. The van der Waals surface area contributed by atoms with Crippen LogP contribution in [0.3, 0.4) is 0 Å². The molecule has 2 rings (SSSR count). The number of aromatic nitrogens is 2. The molecule has 1 aliphatic heterocycles. The maximum Gasteiger partial charge on any atom is 0.120 e. The molecule has 2 unspecified atom stereocenters. The van der Waals surface area contributed by atoms with E-state index in [0.717, 1.165) is 25.4 Å². The Morgan fingerprint density at radius 2 is 2.67 bits per heavy atom. The van der Waals surface area contributed by atoms with Crippen molar-refractivity contribution in [3.05, 3.63) is 18.2 Å². The first-order chi connectivity index (χ1) is 7.40. The predicted molar refractivity (Wildman–Crippen MR) is 58.5 cm³/mol. The molecule has 1 fully saturated rings. The van der Waals surface area contributed by atoms with Gasteiger partial charge in [0.15, 0.2) is 0 Å². The van der Waals surface area contributed by atoms with Gasteiger partial charge in [-0.3, -0.25) is 0 Å². The second kappa shape index (κ2) is 5.28. The summed E-state index contributed by atoms with van der Waals surface area (Å²) in [7, 11) is 0. The maximum absolute atomic E-state index is 5.68. The van der Waals surface area contributed by atoms with Crippen LogP contribution in [0.5, 0.6) is 0 Å². The van der Waals surface area contributed by atoms with Gasteiger partial charge in [-0.15, -0.1) is 0 Å². The fourth-order valence-electron chi connectivity index (χ4n) is 2.08. The van der Waals surface area contributed by atoms with E-state index in [0.29, 0.717) is 12.1 Å². The van der Waals surface area contributed by atoms with Crippen molar-refractivity contribution < 1.29 is 4.74 Å². The number of rotatable bonds is 5. The summed E-state index contributed by atoms with van der Waals surface area (Å²) in [5.41, 5.74) is 0. The van der Waals surface area contributed by atoms with Gasteiger partial charge in [0.05, 0.1) is 12.6 Å². The first kappa shape index (κ1) is 10.6. The average molecular weight is 209 g/mol. The van der Waals surface area contributed by atoms with Gasteiger partial charge in [0.2, 0.25) is 0 Å². The van der Waals surface area contributed by atoms with E-state index < -0.39 is 0 Å². The van der Waals surface area contributed by atoms with Crippen molar-refractivity contribution in [1.29, 1.82) is 0 Å². The standard InChI is InChI=1S/C11H19N3O/c1-2-9(10-4-3-7-15-10)14-8-11-12-5-6-13-11/h5-6,9-10,14H,2-4,7-8H2,1H3,(H,12,13). The first-order valence-electron chi connectivity index (χ1n) is 5.73. The van der Waals surface area contributed by atoms with Gasteiger partial charge in [-0.25, -0.2) is 4.98 Å². The topological polar surface area (TPSA) is 49.9 Å². The van der Waals surface area contributed by atoms with Gasteiger partial charge in [0.1, 0.15) is 5.82 Å². The second-order valence-corrected chi connectivity index (χ2v) is 3.98. The lowest BCUT2D eigenvalue weighted by molar-refractivity contribution is 0.0762. The van der Waals surface area contributed by atoms with Crippen molar-refractivity contribution in [1.82, 2.24) is 15.3 Å². The smallest absolute Gasteiger partial charge is 0.120 e. The summed E-state index contributed by atoms with van der Waals surface area (Å²) in [5.74, 6) is 0.992. The Bertz CT molecular complexity index is 267. The molecule has 4 nitrogen and oxygen atoms in total. The van der Waals surface area contributed by atoms with Crippen LogP contribution in [0.2, 0.25) is 0 Å².